The molecule has 2 saturated heterocycles. The molecule has 1 N–H and O–H groups in total. The number of nitrogens with one attached hydrogen (secondary N) is 1. The van der Waals surface area contributed by atoms with Crippen LogP contribution >= 0.6 is 0 Å². The summed E-state index contributed by atoms with van der Waals surface area (Å²) in [6, 6.07) is 8.71. The lowest BCUT2D eigenvalue weighted by Gasteiger charge is -2.32. The van der Waals surface area contributed by atoms with E-state index in [0.29, 0.717) is 12.0 Å². The molecule has 5 rings (SSSR count). The normalized spacial score (nSPS) is 29.8. The maximum Gasteiger partial charge on any atom is 0.494 e. The minimum Gasteiger partial charge on any atom is -0.399 e. The highest BCUT2D eigenvalue weighted by Gasteiger charge is 2.53. The zero-order chi connectivity index (χ0) is 19.7. The smallest absolute Gasteiger partial charge is 0.399 e. The van der Waals surface area contributed by atoms with Crippen molar-refractivity contribution in [3.8, 4) is 11.3 Å². The van der Waals surface area contributed by atoms with E-state index in [1.807, 2.05) is 23.2 Å². The van der Waals surface area contributed by atoms with E-state index in [2.05, 4.69) is 49.8 Å². The number of hydrogen-bond acceptors (Lipinski definition) is 4. The molecule has 3 aliphatic rings. The predicted molar refractivity (Wildman–Crippen MR) is 107 cm³/mol. The van der Waals surface area contributed by atoms with Crippen LogP contribution in [0.1, 0.15) is 52.4 Å². The lowest BCUT2D eigenvalue weighted by molar-refractivity contribution is -0.120. The van der Waals surface area contributed by atoms with Crippen molar-refractivity contribution in [2.75, 3.05) is 0 Å². The second-order valence-corrected chi connectivity index (χ2v) is 9.26. The molecule has 2 unspecified atom stereocenters. The van der Waals surface area contributed by atoms with Crippen LogP contribution in [0.4, 0.5) is 0 Å². The van der Waals surface area contributed by atoms with Gasteiger partial charge >= 0.3 is 7.12 Å². The van der Waals surface area contributed by atoms with Crippen LogP contribution in [-0.2, 0) is 14.1 Å². The van der Waals surface area contributed by atoms with Crippen molar-refractivity contribution in [1.82, 2.24) is 14.9 Å². The van der Waals surface area contributed by atoms with Gasteiger partial charge in [-0.05, 0) is 57.5 Å². The standard InChI is InChI=1S/C21H26BN3O3/c1-20(2)21(3,4)28-22(27-20)15-7-5-13(6-8-15)16-11-23-19(24-16)18-10-14-9-17(14)25(18)12-26/h5-8,11-12,14,17-18H,9-10H2,1-4H3,(H,23,24)/t14?,17?,18-/m0/s1. The third kappa shape index (κ3) is 2.71. The Kier molecular flexibility index (Phi) is 3.81. The molecule has 2 aliphatic heterocycles. The molecule has 3 fully saturated rings. The van der Waals surface area contributed by atoms with E-state index in [1.54, 1.807) is 0 Å². The summed E-state index contributed by atoms with van der Waals surface area (Å²) in [6.45, 7) is 8.23. The van der Waals surface area contributed by atoms with Crippen LogP contribution in [0.3, 0.4) is 0 Å². The third-order valence-electron chi connectivity index (χ3n) is 6.93. The van der Waals surface area contributed by atoms with Gasteiger partial charge in [0.2, 0.25) is 6.41 Å². The SMILES string of the molecule is CC1(C)OB(c2ccc(-c3cnc([C@@H]4CC5CC5N4C=O)[nH]3)cc2)OC1(C)C. The van der Waals surface area contributed by atoms with E-state index in [0.717, 1.165) is 41.8 Å². The van der Waals surface area contributed by atoms with Crippen LogP contribution in [0, 0.1) is 5.92 Å². The highest BCUT2D eigenvalue weighted by Crippen LogP contribution is 2.52. The van der Waals surface area contributed by atoms with Gasteiger partial charge in [-0.2, -0.15) is 0 Å². The number of imidazole rings is 1. The molecule has 1 aromatic carbocycles. The van der Waals surface area contributed by atoms with Crippen molar-refractivity contribution in [3.63, 3.8) is 0 Å². The molecule has 1 aromatic heterocycles. The van der Waals surface area contributed by atoms with Crippen LogP contribution < -0.4 is 5.46 Å². The number of nitrogens with zero attached hydrogens (tertiary/aromatic N) is 2. The lowest BCUT2D eigenvalue weighted by atomic mass is 9.79. The zero-order valence-corrected chi connectivity index (χ0v) is 16.8. The molecule has 28 heavy (non-hydrogen) atoms. The minimum atomic E-state index is -0.359. The molecular weight excluding hydrogens is 353 g/mol. The zero-order valence-electron chi connectivity index (χ0n) is 16.8. The van der Waals surface area contributed by atoms with Gasteiger partial charge in [-0.1, -0.05) is 24.3 Å². The summed E-state index contributed by atoms with van der Waals surface area (Å²) in [5.74, 6) is 1.53. The van der Waals surface area contributed by atoms with Crippen molar-refractivity contribution >= 4 is 19.0 Å². The summed E-state index contributed by atoms with van der Waals surface area (Å²) in [6.07, 6.45) is 4.98. The monoisotopic (exact) mass is 379 g/mol. The topological polar surface area (TPSA) is 67.5 Å². The lowest BCUT2D eigenvalue weighted by Crippen LogP contribution is -2.41. The van der Waals surface area contributed by atoms with Crippen LogP contribution in [0.15, 0.2) is 30.5 Å². The number of piperidine rings is 1. The van der Waals surface area contributed by atoms with Gasteiger partial charge in [0.15, 0.2) is 0 Å². The van der Waals surface area contributed by atoms with Crippen molar-refractivity contribution in [3.05, 3.63) is 36.3 Å². The molecule has 3 atom stereocenters. The molecule has 2 aromatic rings. The second-order valence-electron chi connectivity index (χ2n) is 9.26. The Morgan fingerprint density at radius 1 is 1.14 bits per heavy atom. The van der Waals surface area contributed by atoms with Crippen molar-refractivity contribution < 1.29 is 14.1 Å². The summed E-state index contributed by atoms with van der Waals surface area (Å²) < 4.78 is 12.2. The fourth-order valence-corrected chi connectivity index (χ4v) is 4.35. The Morgan fingerprint density at radius 3 is 2.46 bits per heavy atom. The summed E-state index contributed by atoms with van der Waals surface area (Å²) >= 11 is 0. The second kappa shape index (κ2) is 5.94. The van der Waals surface area contributed by atoms with E-state index in [9.17, 15) is 4.79 Å². The van der Waals surface area contributed by atoms with Crippen LogP contribution in [-0.4, -0.2) is 45.6 Å². The number of fused-ring (bicyclic) bond motifs is 1. The largest absolute Gasteiger partial charge is 0.494 e. The molecule has 1 aliphatic carbocycles. The molecule has 6 nitrogen and oxygen atoms in total. The first kappa shape index (κ1) is 17.9. The van der Waals surface area contributed by atoms with Crippen molar-refractivity contribution in [2.45, 2.75) is 63.8 Å². The number of hydrogen-bond donors (Lipinski definition) is 1. The maximum absolute atomic E-state index is 11.4. The molecule has 0 bridgehead atoms. The first-order valence-electron chi connectivity index (χ1n) is 10.0. The van der Waals surface area contributed by atoms with E-state index < -0.39 is 0 Å². The summed E-state index contributed by atoms with van der Waals surface area (Å²) in [5.41, 5.74) is 2.33. The van der Waals surface area contributed by atoms with Crippen LogP contribution in [0.5, 0.6) is 0 Å². The van der Waals surface area contributed by atoms with Gasteiger partial charge in [0.1, 0.15) is 5.82 Å². The summed E-state index contributed by atoms with van der Waals surface area (Å²) in [5, 5.41) is 0. The fourth-order valence-electron chi connectivity index (χ4n) is 4.35. The average molecular weight is 379 g/mol. The van der Waals surface area contributed by atoms with Gasteiger partial charge in [-0.25, -0.2) is 4.98 Å². The molecule has 1 saturated carbocycles. The number of aromatic amines is 1. The first-order chi connectivity index (χ1) is 13.3. The molecular formula is C21H26BN3O3. The molecule has 3 heterocycles. The van der Waals surface area contributed by atoms with Gasteiger partial charge in [0, 0.05) is 6.04 Å². The maximum atomic E-state index is 11.4. The Bertz CT molecular complexity index is 892. The number of benzene rings is 1. The fraction of sp³-hybridized carbons (Fsp3) is 0.524. The molecule has 7 heteroatoms. The highest BCUT2D eigenvalue weighted by molar-refractivity contribution is 6.62. The molecule has 1 amide bonds. The van der Waals surface area contributed by atoms with E-state index in [1.165, 1.54) is 0 Å². The number of H-pyrrole nitrogens is 1. The van der Waals surface area contributed by atoms with Gasteiger partial charge in [0.25, 0.3) is 0 Å². The van der Waals surface area contributed by atoms with Crippen LogP contribution in [0.25, 0.3) is 11.3 Å². The number of carbonyl (C=O) groups is 1. The Balaban J connectivity index is 1.33. The molecule has 0 spiro atoms. The Labute approximate surface area is 165 Å². The Hall–Kier alpha value is -2.12. The number of aromatic nitrogens is 2. The van der Waals surface area contributed by atoms with E-state index in [-0.39, 0.29) is 24.4 Å². The molecule has 146 valence electrons. The minimum absolute atomic E-state index is 0.0824. The van der Waals surface area contributed by atoms with E-state index in [4.69, 9.17) is 9.31 Å². The quantitative estimate of drug-likeness (QED) is 0.655. The predicted octanol–water partition coefficient (Wildman–Crippen LogP) is 2.67. The number of likely N-dealkylation sites (tertiary alicyclic amines) is 1. The van der Waals surface area contributed by atoms with Crippen molar-refractivity contribution in [1.29, 1.82) is 0 Å². The highest BCUT2D eigenvalue weighted by atomic mass is 16.7. The summed E-state index contributed by atoms with van der Waals surface area (Å²) in [4.78, 5) is 21.3. The van der Waals surface area contributed by atoms with Crippen LogP contribution in [0.2, 0.25) is 0 Å². The average Bonchev–Trinajstić information content (AvgIpc) is 3.02. The van der Waals surface area contributed by atoms with Crippen molar-refractivity contribution in [2.24, 2.45) is 5.92 Å². The van der Waals surface area contributed by atoms with Gasteiger partial charge in [-0.3, -0.25) is 4.79 Å². The van der Waals surface area contributed by atoms with Gasteiger partial charge in [-0.15, -0.1) is 0 Å². The third-order valence-corrected chi connectivity index (χ3v) is 6.93. The van der Waals surface area contributed by atoms with E-state index >= 15 is 0 Å². The van der Waals surface area contributed by atoms with Gasteiger partial charge in [0.05, 0.1) is 29.1 Å². The van der Waals surface area contributed by atoms with Gasteiger partial charge < -0.3 is 19.2 Å². The molecule has 0 radical (unpaired) electrons. The first-order valence-corrected chi connectivity index (χ1v) is 10.0. The number of rotatable bonds is 4. The summed E-state index contributed by atoms with van der Waals surface area (Å²) in [7, 11) is -0.359. The number of amides is 1. The Morgan fingerprint density at radius 2 is 1.82 bits per heavy atom. The number of carbonyl (C=O) groups excluding carboxylic acids is 1.